The lowest BCUT2D eigenvalue weighted by atomic mass is 9.87. The normalized spacial score (nSPS) is 20.0. The monoisotopic (exact) mass is 388 g/mol. The number of anilines is 1. The van der Waals surface area contributed by atoms with Gasteiger partial charge in [0.25, 0.3) is 12.3 Å². The van der Waals surface area contributed by atoms with E-state index in [0.717, 1.165) is 25.7 Å². The van der Waals surface area contributed by atoms with Crippen molar-refractivity contribution in [1.29, 1.82) is 0 Å². The standard InChI is InChI=1S/C19H22F2N6O/c1-11-4-6-13(7-5-11)27-10-14(16(25-27)17(20)21)23-19(28)15-12(2)24-26-9-3-8-22-18(15)26/h3,8-11,13,17H,4-7H2,1-2H3,(H,23,28)/t11-,13-. The molecule has 1 amide bonds. The van der Waals surface area contributed by atoms with Crippen LogP contribution in [0.15, 0.2) is 24.7 Å². The van der Waals surface area contributed by atoms with Crippen molar-refractivity contribution in [1.82, 2.24) is 24.4 Å². The number of alkyl halides is 2. The topological polar surface area (TPSA) is 77.1 Å². The number of nitrogens with one attached hydrogen (secondary N) is 1. The maximum atomic E-state index is 13.5. The zero-order valence-electron chi connectivity index (χ0n) is 15.8. The molecule has 0 bridgehead atoms. The summed E-state index contributed by atoms with van der Waals surface area (Å²) in [5.74, 6) is 0.122. The van der Waals surface area contributed by atoms with Crippen molar-refractivity contribution in [2.75, 3.05) is 5.32 Å². The second-order valence-corrected chi connectivity index (χ2v) is 7.42. The maximum absolute atomic E-state index is 13.5. The first-order valence-electron chi connectivity index (χ1n) is 9.42. The quantitative estimate of drug-likeness (QED) is 0.728. The first-order valence-corrected chi connectivity index (χ1v) is 9.42. The number of halogens is 2. The number of amides is 1. The number of fused-ring (bicyclic) bond motifs is 1. The number of nitrogens with zero attached hydrogens (tertiary/aromatic N) is 5. The highest BCUT2D eigenvalue weighted by atomic mass is 19.3. The van der Waals surface area contributed by atoms with E-state index in [-0.39, 0.29) is 17.3 Å². The maximum Gasteiger partial charge on any atom is 0.284 e. The number of aryl methyl sites for hydroxylation is 1. The molecule has 3 aromatic rings. The number of hydrogen-bond donors (Lipinski definition) is 1. The van der Waals surface area contributed by atoms with Crippen LogP contribution in [0.1, 0.15) is 66.8 Å². The van der Waals surface area contributed by atoms with Crippen molar-refractivity contribution in [3.63, 3.8) is 0 Å². The van der Waals surface area contributed by atoms with Gasteiger partial charge in [-0.1, -0.05) is 6.92 Å². The predicted molar refractivity (Wildman–Crippen MR) is 99.5 cm³/mol. The minimum atomic E-state index is -2.78. The zero-order valence-corrected chi connectivity index (χ0v) is 15.8. The van der Waals surface area contributed by atoms with E-state index in [9.17, 15) is 13.6 Å². The molecular weight excluding hydrogens is 366 g/mol. The van der Waals surface area contributed by atoms with E-state index >= 15 is 0 Å². The van der Waals surface area contributed by atoms with E-state index in [2.05, 4.69) is 27.4 Å². The van der Waals surface area contributed by atoms with Crippen molar-refractivity contribution in [3.05, 3.63) is 41.6 Å². The van der Waals surface area contributed by atoms with Crippen LogP contribution in [0.5, 0.6) is 0 Å². The summed E-state index contributed by atoms with van der Waals surface area (Å²) in [7, 11) is 0. The van der Waals surface area contributed by atoms with Gasteiger partial charge in [0.15, 0.2) is 11.3 Å². The summed E-state index contributed by atoms with van der Waals surface area (Å²) >= 11 is 0. The molecule has 1 saturated carbocycles. The van der Waals surface area contributed by atoms with Crippen LogP contribution in [0.4, 0.5) is 14.5 Å². The third kappa shape index (κ3) is 3.36. The summed E-state index contributed by atoms with van der Waals surface area (Å²) in [5, 5.41) is 10.9. The minimum absolute atomic E-state index is 0.0355. The van der Waals surface area contributed by atoms with E-state index in [1.54, 1.807) is 30.1 Å². The second kappa shape index (κ2) is 7.29. The van der Waals surface area contributed by atoms with Crippen molar-refractivity contribution in [3.8, 4) is 0 Å². The lowest BCUT2D eigenvalue weighted by molar-refractivity contribution is 0.102. The lowest BCUT2D eigenvalue weighted by Crippen LogP contribution is -2.17. The number of hydrogen-bond acceptors (Lipinski definition) is 4. The van der Waals surface area contributed by atoms with Crippen LogP contribution < -0.4 is 5.32 Å². The molecule has 148 valence electrons. The van der Waals surface area contributed by atoms with Gasteiger partial charge in [-0.05, 0) is 44.6 Å². The van der Waals surface area contributed by atoms with Crippen molar-refractivity contribution >= 4 is 17.2 Å². The Hall–Kier alpha value is -2.84. The third-order valence-electron chi connectivity index (χ3n) is 5.37. The molecule has 7 nitrogen and oxygen atoms in total. The minimum Gasteiger partial charge on any atom is -0.319 e. The third-order valence-corrected chi connectivity index (χ3v) is 5.37. The fraction of sp³-hybridized carbons (Fsp3) is 0.474. The molecule has 1 fully saturated rings. The van der Waals surface area contributed by atoms with Gasteiger partial charge >= 0.3 is 0 Å². The van der Waals surface area contributed by atoms with Crippen molar-refractivity contribution < 1.29 is 13.6 Å². The van der Waals surface area contributed by atoms with Gasteiger partial charge in [0, 0.05) is 18.6 Å². The molecule has 0 aromatic carbocycles. The van der Waals surface area contributed by atoms with E-state index in [1.165, 1.54) is 10.7 Å². The Balaban J connectivity index is 1.63. The molecule has 0 saturated heterocycles. The molecule has 4 rings (SSSR count). The molecule has 3 heterocycles. The number of carbonyl (C=O) groups excluding carboxylic acids is 1. The predicted octanol–water partition coefficient (Wildman–Crippen LogP) is 4.18. The van der Waals surface area contributed by atoms with Gasteiger partial charge in [-0.3, -0.25) is 9.48 Å². The molecule has 28 heavy (non-hydrogen) atoms. The summed E-state index contributed by atoms with van der Waals surface area (Å²) in [4.78, 5) is 17.0. The van der Waals surface area contributed by atoms with Crippen molar-refractivity contribution in [2.45, 2.75) is 52.0 Å². The van der Waals surface area contributed by atoms with Gasteiger partial charge < -0.3 is 5.32 Å². The molecule has 0 unspecified atom stereocenters. The highest BCUT2D eigenvalue weighted by Crippen LogP contribution is 2.34. The number of aromatic nitrogens is 5. The molecule has 1 aliphatic carbocycles. The van der Waals surface area contributed by atoms with E-state index < -0.39 is 18.0 Å². The number of carbonyl (C=O) groups is 1. The molecular formula is C19H22F2N6O. The molecule has 3 aromatic heterocycles. The van der Waals surface area contributed by atoms with Crippen LogP contribution in [-0.4, -0.2) is 30.3 Å². The fourth-order valence-corrected chi connectivity index (χ4v) is 3.80. The molecule has 0 atom stereocenters. The highest BCUT2D eigenvalue weighted by Gasteiger charge is 2.27. The SMILES string of the molecule is Cc1nn2cccnc2c1C(=O)Nc1cn([C@H]2CC[C@H](C)CC2)nc1C(F)F. The first kappa shape index (κ1) is 18.5. The van der Waals surface area contributed by atoms with Gasteiger partial charge in [0.2, 0.25) is 0 Å². The fourth-order valence-electron chi connectivity index (χ4n) is 3.80. The Labute approximate surface area is 160 Å². The van der Waals surface area contributed by atoms with Crippen LogP contribution in [0, 0.1) is 12.8 Å². The molecule has 1 N–H and O–H groups in total. The van der Waals surface area contributed by atoms with E-state index in [1.807, 2.05) is 0 Å². The van der Waals surface area contributed by atoms with E-state index in [0.29, 0.717) is 17.3 Å². The van der Waals surface area contributed by atoms with Crippen LogP contribution in [0.3, 0.4) is 0 Å². The largest absolute Gasteiger partial charge is 0.319 e. The average molecular weight is 388 g/mol. The Morgan fingerprint density at radius 3 is 2.71 bits per heavy atom. The summed E-state index contributed by atoms with van der Waals surface area (Å²) in [6, 6.07) is 1.78. The second-order valence-electron chi connectivity index (χ2n) is 7.42. The summed E-state index contributed by atoms with van der Waals surface area (Å²) in [6.07, 6.45) is 5.87. The highest BCUT2D eigenvalue weighted by molar-refractivity contribution is 6.09. The Kier molecular flexibility index (Phi) is 4.82. The Bertz CT molecular complexity index is 1000. The van der Waals surface area contributed by atoms with Crippen LogP contribution in [-0.2, 0) is 0 Å². The zero-order chi connectivity index (χ0) is 19.8. The van der Waals surface area contributed by atoms with Crippen LogP contribution >= 0.6 is 0 Å². The molecule has 0 spiro atoms. The van der Waals surface area contributed by atoms with Crippen LogP contribution in [0.25, 0.3) is 5.65 Å². The number of rotatable bonds is 4. The summed E-state index contributed by atoms with van der Waals surface area (Å²) < 4.78 is 30.2. The molecule has 0 aliphatic heterocycles. The van der Waals surface area contributed by atoms with E-state index in [4.69, 9.17) is 0 Å². The van der Waals surface area contributed by atoms with Gasteiger partial charge in [-0.15, -0.1) is 0 Å². The van der Waals surface area contributed by atoms with Gasteiger partial charge in [-0.25, -0.2) is 18.3 Å². The molecule has 0 radical (unpaired) electrons. The molecule has 9 heteroatoms. The summed E-state index contributed by atoms with van der Waals surface area (Å²) in [6.45, 7) is 3.88. The smallest absolute Gasteiger partial charge is 0.284 e. The molecule has 1 aliphatic rings. The first-order chi connectivity index (χ1) is 13.4. The average Bonchev–Trinajstić information content (AvgIpc) is 3.22. The van der Waals surface area contributed by atoms with Crippen LogP contribution in [0.2, 0.25) is 0 Å². The van der Waals surface area contributed by atoms with Crippen molar-refractivity contribution in [2.24, 2.45) is 5.92 Å². The van der Waals surface area contributed by atoms with Gasteiger partial charge in [0.05, 0.1) is 17.4 Å². The van der Waals surface area contributed by atoms with Gasteiger partial charge in [-0.2, -0.15) is 10.2 Å². The lowest BCUT2D eigenvalue weighted by Gasteiger charge is -2.26. The Morgan fingerprint density at radius 2 is 2.00 bits per heavy atom. The summed E-state index contributed by atoms with van der Waals surface area (Å²) in [5.41, 5.74) is 0.746. The Morgan fingerprint density at radius 1 is 1.25 bits per heavy atom. The van der Waals surface area contributed by atoms with Gasteiger partial charge in [0.1, 0.15) is 5.56 Å².